The minimum atomic E-state index is -0.162. The fourth-order valence-electron chi connectivity index (χ4n) is 1.40. The van der Waals surface area contributed by atoms with Crippen molar-refractivity contribution in [1.29, 1.82) is 0 Å². The highest BCUT2D eigenvalue weighted by Crippen LogP contribution is 2.21. The molecule has 12 heavy (non-hydrogen) atoms. The molecule has 0 bridgehead atoms. The number of hydrogen-bond donors (Lipinski definition) is 0. The average Bonchev–Trinajstić information content (AvgIpc) is 1.84. The predicted octanol–water partition coefficient (Wildman–Crippen LogP) is 3.52. The second kappa shape index (κ2) is 5.82. The lowest BCUT2D eigenvalue weighted by Gasteiger charge is -2.25. The molecule has 0 heterocycles. The molecule has 2 heteroatoms. The maximum atomic E-state index is 5.71. The van der Waals surface area contributed by atoms with Crippen molar-refractivity contribution in [1.82, 2.24) is 0 Å². The second-order valence-electron chi connectivity index (χ2n) is 4.03. The summed E-state index contributed by atoms with van der Waals surface area (Å²) in [4.78, 5) is 0. The smallest absolute Gasteiger partial charge is 0.128 e. The van der Waals surface area contributed by atoms with Crippen molar-refractivity contribution in [3.8, 4) is 0 Å². The van der Waals surface area contributed by atoms with Crippen LogP contribution in [0.4, 0.5) is 0 Å². The molecule has 0 saturated heterocycles. The Hall–Kier alpha value is 0.250. The first-order valence-corrected chi connectivity index (χ1v) is 5.14. The summed E-state index contributed by atoms with van der Waals surface area (Å²) >= 11 is 5.71. The van der Waals surface area contributed by atoms with Gasteiger partial charge in [-0.25, -0.2) is 0 Å². The Morgan fingerprint density at radius 2 is 1.42 bits per heavy atom. The zero-order valence-corrected chi connectivity index (χ0v) is 9.56. The summed E-state index contributed by atoms with van der Waals surface area (Å²) < 4.78 is 5.39. The van der Waals surface area contributed by atoms with E-state index in [1.54, 1.807) is 0 Å². The molecule has 74 valence electrons. The van der Waals surface area contributed by atoms with Gasteiger partial charge in [-0.15, -0.1) is 0 Å². The normalized spacial score (nSPS) is 14.8. The van der Waals surface area contributed by atoms with E-state index in [-0.39, 0.29) is 5.56 Å². The molecule has 0 radical (unpaired) electrons. The molecule has 0 aromatic heterocycles. The molecule has 0 amide bonds. The van der Waals surface area contributed by atoms with Crippen LogP contribution in [-0.2, 0) is 4.74 Å². The fraction of sp³-hybridized carbons (Fsp3) is 1.00. The fourth-order valence-corrected chi connectivity index (χ4v) is 1.47. The predicted molar refractivity (Wildman–Crippen MR) is 54.4 cm³/mol. The molecule has 0 aromatic carbocycles. The molecule has 1 unspecified atom stereocenters. The maximum Gasteiger partial charge on any atom is 0.128 e. The monoisotopic (exact) mass is 192 g/mol. The van der Waals surface area contributed by atoms with Gasteiger partial charge in [0.1, 0.15) is 5.56 Å². The van der Waals surface area contributed by atoms with Gasteiger partial charge in [0.05, 0.1) is 6.61 Å². The van der Waals surface area contributed by atoms with Crippen molar-refractivity contribution in [2.45, 2.75) is 40.2 Å². The van der Waals surface area contributed by atoms with Crippen molar-refractivity contribution in [3.05, 3.63) is 0 Å². The first kappa shape index (κ1) is 12.2. The second-order valence-corrected chi connectivity index (χ2v) is 4.64. The summed E-state index contributed by atoms with van der Waals surface area (Å²) in [5.74, 6) is 1.95. The molecule has 0 aliphatic carbocycles. The lowest BCUT2D eigenvalue weighted by Crippen LogP contribution is -2.22. The van der Waals surface area contributed by atoms with Crippen LogP contribution in [0, 0.1) is 17.8 Å². The molecule has 0 rings (SSSR count). The summed E-state index contributed by atoms with van der Waals surface area (Å²) in [5.41, 5.74) is -0.162. The van der Waals surface area contributed by atoms with Crippen LogP contribution in [0.25, 0.3) is 0 Å². The standard InChI is InChI=1S/C10H21ClO/c1-7(2)10(8(3)4)6-12-9(5)11/h7-10H,6H2,1-5H3. The topological polar surface area (TPSA) is 9.23 Å². The molecule has 0 spiro atoms. The van der Waals surface area contributed by atoms with E-state index in [9.17, 15) is 0 Å². The van der Waals surface area contributed by atoms with Crippen LogP contribution in [0.3, 0.4) is 0 Å². The summed E-state index contributed by atoms with van der Waals surface area (Å²) in [6.07, 6.45) is 0. The van der Waals surface area contributed by atoms with Crippen LogP contribution in [0.5, 0.6) is 0 Å². The molecule has 0 fully saturated rings. The molecular weight excluding hydrogens is 172 g/mol. The molecule has 0 aliphatic rings. The van der Waals surface area contributed by atoms with E-state index in [1.807, 2.05) is 6.92 Å². The van der Waals surface area contributed by atoms with E-state index in [4.69, 9.17) is 16.3 Å². The summed E-state index contributed by atoms with van der Waals surface area (Å²) in [6, 6.07) is 0. The van der Waals surface area contributed by atoms with Crippen molar-refractivity contribution in [2.75, 3.05) is 6.61 Å². The van der Waals surface area contributed by atoms with Gasteiger partial charge in [0.15, 0.2) is 0 Å². The van der Waals surface area contributed by atoms with Gasteiger partial charge in [-0.1, -0.05) is 39.3 Å². The van der Waals surface area contributed by atoms with Gasteiger partial charge in [0, 0.05) is 0 Å². The van der Waals surface area contributed by atoms with Gasteiger partial charge >= 0.3 is 0 Å². The third-order valence-corrected chi connectivity index (χ3v) is 2.36. The highest BCUT2D eigenvalue weighted by molar-refractivity contribution is 6.19. The molecular formula is C10H21ClO. The van der Waals surface area contributed by atoms with Crippen molar-refractivity contribution in [3.63, 3.8) is 0 Å². The number of hydrogen-bond acceptors (Lipinski definition) is 1. The van der Waals surface area contributed by atoms with Crippen molar-refractivity contribution < 1.29 is 4.74 Å². The van der Waals surface area contributed by atoms with Crippen LogP contribution < -0.4 is 0 Å². The molecule has 0 N–H and O–H groups in total. The Morgan fingerprint density at radius 3 is 1.67 bits per heavy atom. The van der Waals surface area contributed by atoms with E-state index in [0.717, 1.165) is 6.61 Å². The third kappa shape index (κ3) is 5.00. The van der Waals surface area contributed by atoms with E-state index >= 15 is 0 Å². The first-order chi connectivity index (χ1) is 5.45. The van der Waals surface area contributed by atoms with E-state index in [1.165, 1.54) is 0 Å². The first-order valence-electron chi connectivity index (χ1n) is 4.70. The van der Waals surface area contributed by atoms with Crippen LogP contribution in [-0.4, -0.2) is 12.2 Å². The Bertz CT molecular complexity index is 102. The minimum Gasteiger partial charge on any atom is -0.362 e. The Kier molecular flexibility index (Phi) is 5.94. The zero-order valence-electron chi connectivity index (χ0n) is 8.80. The average molecular weight is 193 g/mol. The Labute approximate surface area is 81.4 Å². The van der Waals surface area contributed by atoms with Crippen LogP contribution in [0.1, 0.15) is 34.6 Å². The van der Waals surface area contributed by atoms with Gasteiger partial charge in [-0.05, 0) is 24.7 Å². The lowest BCUT2D eigenvalue weighted by atomic mass is 9.86. The molecule has 1 atom stereocenters. The highest BCUT2D eigenvalue weighted by Gasteiger charge is 2.18. The van der Waals surface area contributed by atoms with Crippen LogP contribution in [0.15, 0.2) is 0 Å². The summed E-state index contributed by atoms with van der Waals surface area (Å²) in [7, 11) is 0. The SMILES string of the molecule is CC(Cl)OCC(C(C)C)C(C)C. The maximum absolute atomic E-state index is 5.71. The molecule has 0 aromatic rings. The zero-order chi connectivity index (χ0) is 9.72. The highest BCUT2D eigenvalue weighted by atomic mass is 35.5. The Balaban J connectivity index is 3.80. The molecule has 1 nitrogen and oxygen atoms in total. The van der Waals surface area contributed by atoms with E-state index in [2.05, 4.69) is 27.7 Å². The van der Waals surface area contributed by atoms with Gasteiger partial charge in [0.25, 0.3) is 0 Å². The number of alkyl halides is 1. The van der Waals surface area contributed by atoms with E-state index < -0.39 is 0 Å². The molecule has 0 saturated carbocycles. The van der Waals surface area contributed by atoms with E-state index in [0.29, 0.717) is 17.8 Å². The number of halogens is 1. The third-order valence-electron chi connectivity index (χ3n) is 2.23. The summed E-state index contributed by atoms with van der Waals surface area (Å²) in [6.45, 7) is 11.6. The lowest BCUT2D eigenvalue weighted by molar-refractivity contribution is 0.0527. The van der Waals surface area contributed by atoms with Gasteiger partial charge < -0.3 is 4.74 Å². The van der Waals surface area contributed by atoms with Crippen LogP contribution >= 0.6 is 11.6 Å². The van der Waals surface area contributed by atoms with Crippen LogP contribution in [0.2, 0.25) is 0 Å². The van der Waals surface area contributed by atoms with Gasteiger partial charge in [-0.2, -0.15) is 0 Å². The van der Waals surface area contributed by atoms with Crippen molar-refractivity contribution in [2.24, 2.45) is 17.8 Å². The Morgan fingerprint density at radius 1 is 1.00 bits per heavy atom. The largest absolute Gasteiger partial charge is 0.362 e. The van der Waals surface area contributed by atoms with Crippen molar-refractivity contribution >= 4 is 11.6 Å². The summed E-state index contributed by atoms with van der Waals surface area (Å²) in [5, 5.41) is 0. The number of ether oxygens (including phenoxy) is 1. The molecule has 0 aliphatic heterocycles. The minimum absolute atomic E-state index is 0.162. The number of rotatable bonds is 5. The van der Waals surface area contributed by atoms with Gasteiger partial charge in [-0.3, -0.25) is 0 Å². The van der Waals surface area contributed by atoms with Gasteiger partial charge in [0.2, 0.25) is 0 Å². The quantitative estimate of drug-likeness (QED) is 0.606.